The van der Waals surface area contributed by atoms with Crippen LogP contribution in [0, 0.1) is 19.3 Å². The number of rotatable bonds is 1. The molecule has 1 heterocycles. The quantitative estimate of drug-likeness (QED) is 0.831. The second-order valence-corrected chi connectivity index (χ2v) is 7.12. The van der Waals surface area contributed by atoms with Crippen LogP contribution in [0.1, 0.15) is 38.8 Å². The molecule has 106 valence electrons. The normalized spacial score (nSPS) is 24.6. The van der Waals surface area contributed by atoms with Crippen molar-refractivity contribution in [2.24, 2.45) is 5.41 Å². The van der Waals surface area contributed by atoms with Crippen molar-refractivity contribution in [3.63, 3.8) is 0 Å². The second-order valence-electron chi connectivity index (χ2n) is 7.12. The summed E-state index contributed by atoms with van der Waals surface area (Å²) in [5, 5.41) is 3.70. The van der Waals surface area contributed by atoms with E-state index in [4.69, 9.17) is 0 Å². The van der Waals surface area contributed by atoms with E-state index in [1.807, 2.05) is 0 Å². The Kier molecular flexibility index (Phi) is 3.91. The summed E-state index contributed by atoms with van der Waals surface area (Å²) in [6.07, 6.45) is 0. The Bertz CT molecular complexity index is 445. The van der Waals surface area contributed by atoms with Gasteiger partial charge in [0.1, 0.15) is 0 Å². The molecule has 1 fully saturated rings. The van der Waals surface area contributed by atoms with Crippen LogP contribution in [0.2, 0.25) is 0 Å². The number of hydrogen-bond acceptors (Lipinski definition) is 2. The standard InChI is InChI=1S/C17H28N2/c1-12-7-8-13(2)15(9-12)19-11-16(17(4,5)6)18-10-14(19)3/h7-9,14,16,18H,10-11H2,1-6H3. The lowest BCUT2D eigenvalue weighted by molar-refractivity contribution is 0.239. The van der Waals surface area contributed by atoms with Crippen LogP contribution >= 0.6 is 0 Å². The van der Waals surface area contributed by atoms with Crippen LogP contribution in [-0.2, 0) is 0 Å². The van der Waals surface area contributed by atoms with Crippen molar-refractivity contribution in [3.05, 3.63) is 29.3 Å². The molecular weight excluding hydrogens is 232 g/mol. The number of piperazine rings is 1. The number of anilines is 1. The van der Waals surface area contributed by atoms with Crippen molar-refractivity contribution in [3.8, 4) is 0 Å². The predicted octanol–water partition coefficient (Wildman–Crippen LogP) is 3.52. The van der Waals surface area contributed by atoms with Crippen LogP contribution in [-0.4, -0.2) is 25.2 Å². The number of nitrogens with zero attached hydrogens (tertiary/aromatic N) is 1. The Morgan fingerprint density at radius 3 is 2.53 bits per heavy atom. The molecule has 2 nitrogen and oxygen atoms in total. The first kappa shape index (κ1) is 14.4. The number of benzene rings is 1. The molecule has 1 N–H and O–H groups in total. The van der Waals surface area contributed by atoms with Gasteiger partial charge in [0.15, 0.2) is 0 Å². The maximum atomic E-state index is 3.70. The van der Waals surface area contributed by atoms with Gasteiger partial charge in [-0.05, 0) is 43.4 Å². The molecule has 1 aromatic rings. The zero-order valence-electron chi connectivity index (χ0n) is 13.2. The molecule has 1 aromatic carbocycles. The minimum absolute atomic E-state index is 0.302. The van der Waals surface area contributed by atoms with Crippen LogP contribution in [0.25, 0.3) is 0 Å². The van der Waals surface area contributed by atoms with Gasteiger partial charge >= 0.3 is 0 Å². The third-order valence-electron chi connectivity index (χ3n) is 4.29. The van der Waals surface area contributed by atoms with Crippen LogP contribution in [0.15, 0.2) is 18.2 Å². The van der Waals surface area contributed by atoms with Gasteiger partial charge in [-0.15, -0.1) is 0 Å². The van der Waals surface area contributed by atoms with Gasteiger partial charge in [0.05, 0.1) is 0 Å². The largest absolute Gasteiger partial charge is 0.366 e. The smallest absolute Gasteiger partial charge is 0.0401 e. The van der Waals surface area contributed by atoms with Gasteiger partial charge in [0.25, 0.3) is 0 Å². The molecule has 1 aliphatic heterocycles. The fourth-order valence-electron chi connectivity index (χ4n) is 2.81. The number of nitrogens with one attached hydrogen (secondary N) is 1. The van der Waals surface area contributed by atoms with E-state index < -0.39 is 0 Å². The Balaban J connectivity index is 2.28. The topological polar surface area (TPSA) is 15.3 Å². The van der Waals surface area contributed by atoms with E-state index in [1.165, 1.54) is 16.8 Å². The molecule has 0 spiro atoms. The zero-order chi connectivity index (χ0) is 14.2. The van der Waals surface area contributed by atoms with Gasteiger partial charge in [-0.1, -0.05) is 32.9 Å². The van der Waals surface area contributed by atoms with E-state index in [0.717, 1.165) is 13.1 Å². The molecule has 2 atom stereocenters. The summed E-state index contributed by atoms with van der Waals surface area (Å²) in [6.45, 7) is 15.8. The summed E-state index contributed by atoms with van der Waals surface area (Å²) < 4.78 is 0. The minimum atomic E-state index is 0.302. The highest BCUT2D eigenvalue weighted by atomic mass is 15.2. The predicted molar refractivity (Wildman–Crippen MR) is 84.0 cm³/mol. The first-order valence-electron chi connectivity index (χ1n) is 7.36. The summed E-state index contributed by atoms with van der Waals surface area (Å²) in [5.74, 6) is 0. The molecule has 0 radical (unpaired) electrons. The van der Waals surface area contributed by atoms with Gasteiger partial charge in [-0.3, -0.25) is 0 Å². The van der Waals surface area contributed by atoms with E-state index >= 15 is 0 Å². The van der Waals surface area contributed by atoms with Gasteiger partial charge in [0.2, 0.25) is 0 Å². The van der Waals surface area contributed by atoms with Crippen LogP contribution in [0.4, 0.5) is 5.69 Å². The van der Waals surface area contributed by atoms with E-state index in [2.05, 4.69) is 70.0 Å². The molecular formula is C17H28N2. The molecule has 1 saturated heterocycles. The van der Waals surface area contributed by atoms with Crippen molar-refractivity contribution >= 4 is 5.69 Å². The molecule has 0 saturated carbocycles. The first-order chi connectivity index (χ1) is 8.79. The molecule has 0 amide bonds. The van der Waals surface area contributed by atoms with Crippen LogP contribution in [0.5, 0.6) is 0 Å². The van der Waals surface area contributed by atoms with Crippen LogP contribution < -0.4 is 10.2 Å². The Morgan fingerprint density at radius 1 is 1.21 bits per heavy atom. The highest BCUT2D eigenvalue weighted by Gasteiger charge is 2.32. The minimum Gasteiger partial charge on any atom is -0.366 e. The maximum Gasteiger partial charge on any atom is 0.0401 e. The fourth-order valence-corrected chi connectivity index (χ4v) is 2.81. The fraction of sp³-hybridized carbons (Fsp3) is 0.647. The first-order valence-corrected chi connectivity index (χ1v) is 7.36. The Morgan fingerprint density at radius 2 is 1.89 bits per heavy atom. The molecule has 2 heteroatoms. The van der Waals surface area contributed by atoms with E-state index in [1.54, 1.807) is 0 Å². The molecule has 19 heavy (non-hydrogen) atoms. The van der Waals surface area contributed by atoms with E-state index in [9.17, 15) is 0 Å². The zero-order valence-corrected chi connectivity index (χ0v) is 13.2. The lowest BCUT2D eigenvalue weighted by atomic mass is 9.84. The second kappa shape index (κ2) is 5.16. The lowest BCUT2D eigenvalue weighted by Gasteiger charge is -2.45. The van der Waals surface area contributed by atoms with Crippen molar-refractivity contribution in [1.82, 2.24) is 5.32 Å². The number of hydrogen-bond donors (Lipinski definition) is 1. The van der Waals surface area contributed by atoms with Gasteiger partial charge in [-0.2, -0.15) is 0 Å². The SMILES string of the molecule is Cc1ccc(C)c(N2CC(C(C)(C)C)NCC2C)c1. The summed E-state index contributed by atoms with van der Waals surface area (Å²) in [5.41, 5.74) is 4.43. The summed E-state index contributed by atoms with van der Waals surface area (Å²) >= 11 is 0. The van der Waals surface area contributed by atoms with E-state index in [0.29, 0.717) is 17.5 Å². The summed E-state index contributed by atoms with van der Waals surface area (Å²) in [7, 11) is 0. The molecule has 0 aliphatic carbocycles. The molecule has 2 unspecified atom stereocenters. The van der Waals surface area contributed by atoms with Crippen molar-refractivity contribution in [2.75, 3.05) is 18.0 Å². The van der Waals surface area contributed by atoms with Crippen molar-refractivity contribution < 1.29 is 0 Å². The maximum absolute atomic E-state index is 3.70. The highest BCUT2D eigenvalue weighted by molar-refractivity contribution is 5.56. The molecule has 0 bridgehead atoms. The molecule has 0 aromatic heterocycles. The van der Waals surface area contributed by atoms with Gasteiger partial charge in [-0.25, -0.2) is 0 Å². The number of aryl methyl sites for hydroxylation is 2. The lowest BCUT2D eigenvalue weighted by Crippen LogP contribution is -2.59. The highest BCUT2D eigenvalue weighted by Crippen LogP contribution is 2.29. The average Bonchev–Trinajstić information content (AvgIpc) is 2.32. The van der Waals surface area contributed by atoms with Gasteiger partial charge < -0.3 is 10.2 Å². The monoisotopic (exact) mass is 260 g/mol. The summed E-state index contributed by atoms with van der Waals surface area (Å²) in [6, 6.07) is 7.87. The Labute approximate surface area is 118 Å². The van der Waals surface area contributed by atoms with Crippen molar-refractivity contribution in [1.29, 1.82) is 0 Å². The third-order valence-corrected chi connectivity index (χ3v) is 4.29. The summed E-state index contributed by atoms with van der Waals surface area (Å²) in [4.78, 5) is 2.58. The van der Waals surface area contributed by atoms with E-state index in [-0.39, 0.29) is 0 Å². The Hall–Kier alpha value is -1.02. The molecule has 2 rings (SSSR count). The third kappa shape index (κ3) is 3.11. The average molecular weight is 260 g/mol. The molecule has 1 aliphatic rings. The van der Waals surface area contributed by atoms with Gasteiger partial charge in [0, 0.05) is 30.9 Å². The van der Waals surface area contributed by atoms with Crippen LogP contribution in [0.3, 0.4) is 0 Å². The van der Waals surface area contributed by atoms with Crippen molar-refractivity contribution in [2.45, 2.75) is 53.6 Å².